The van der Waals surface area contributed by atoms with Crippen molar-refractivity contribution in [3.8, 4) is 17.0 Å². The first-order valence-corrected chi connectivity index (χ1v) is 9.84. The molecule has 0 radical (unpaired) electrons. The summed E-state index contributed by atoms with van der Waals surface area (Å²) < 4.78 is 30.7. The maximum Gasteiger partial charge on any atom is 0.278 e. The van der Waals surface area contributed by atoms with E-state index in [1.54, 1.807) is 31.5 Å². The lowest BCUT2D eigenvalue weighted by atomic mass is 10.1. The van der Waals surface area contributed by atoms with Gasteiger partial charge in [0, 0.05) is 24.9 Å². The Labute approximate surface area is 179 Å². The molecule has 0 saturated carbocycles. The van der Waals surface area contributed by atoms with Gasteiger partial charge >= 0.3 is 0 Å². The monoisotopic (exact) mass is 426 g/mol. The highest BCUT2D eigenvalue weighted by atomic mass is 19.3. The fourth-order valence-electron chi connectivity index (χ4n) is 2.97. The van der Waals surface area contributed by atoms with Gasteiger partial charge in [-0.3, -0.25) is 19.7 Å². The van der Waals surface area contributed by atoms with Crippen molar-refractivity contribution in [3.05, 3.63) is 71.9 Å². The van der Waals surface area contributed by atoms with E-state index >= 15 is 0 Å². The zero-order chi connectivity index (χ0) is 22.4. The molecule has 8 heteroatoms. The average Bonchev–Trinajstić information content (AvgIpc) is 2.73. The molecule has 0 bridgehead atoms. The number of rotatable bonds is 8. The minimum atomic E-state index is -2.91. The summed E-state index contributed by atoms with van der Waals surface area (Å²) in [6.45, 7) is 3.78. The van der Waals surface area contributed by atoms with E-state index < -0.39 is 12.5 Å². The Kier molecular flexibility index (Phi) is 6.89. The highest BCUT2D eigenvalue weighted by Crippen LogP contribution is 2.20. The van der Waals surface area contributed by atoms with Crippen LogP contribution in [0.5, 0.6) is 5.75 Å². The molecule has 31 heavy (non-hydrogen) atoms. The Hall–Kier alpha value is -3.42. The normalized spacial score (nSPS) is 12.3. The van der Waals surface area contributed by atoms with Gasteiger partial charge in [-0.1, -0.05) is 24.3 Å². The first kappa shape index (κ1) is 22.3. The molecule has 2 heterocycles. The third kappa shape index (κ3) is 6.53. The molecule has 0 saturated heterocycles. The third-order valence-corrected chi connectivity index (χ3v) is 4.55. The van der Waals surface area contributed by atoms with E-state index in [1.165, 1.54) is 6.20 Å². The largest absolute Gasteiger partial charge is 0.486 e. The highest BCUT2D eigenvalue weighted by molar-refractivity contribution is 5.79. The summed E-state index contributed by atoms with van der Waals surface area (Å²) in [5.41, 5.74) is 4.07. The van der Waals surface area contributed by atoms with Gasteiger partial charge < -0.3 is 10.1 Å². The smallest absolute Gasteiger partial charge is 0.278 e. The number of pyridine rings is 1. The van der Waals surface area contributed by atoms with Crippen molar-refractivity contribution >= 4 is 5.91 Å². The molecule has 0 spiro atoms. The number of hydrogen-bond acceptors (Lipinski definition) is 5. The second kappa shape index (κ2) is 9.59. The molecule has 3 aromatic rings. The second-order valence-electron chi connectivity index (χ2n) is 7.43. The molecule has 1 amide bonds. The summed E-state index contributed by atoms with van der Waals surface area (Å²) in [7, 11) is 0. The Balaban J connectivity index is 1.55. The molecular formula is C23H24F2N4O2. The third-order valence-electron chi connectivity index (χ3n) is 4.55. The van der Waals surface area contributed by atoms with Crippen LogP contribution in [0.4, 0.5) is 8.78 Å². The van der Waals surface area contributed by atoms with Crippen LogP contribution < -0.4 is 10.1 Å². The van der Waals surface area contributed by atoms with E-state index in [0.29, 0.717) is 5.69 Å². The van der Waals surface area contributed by atoms with Crippen LogP contribution in [-0.2, 0) is 11.2 Å². The van der Waals surface area contributed by atoms with E-state index in [0.717, 1.165) is 29.4 Å². The number of alkyl halides is 2. The Morgan fingerprint density at radius 2 is 1.81 bits per heavy atom. The molecule has 3 rings (SSSR count). The van der Waals surface area contributed by atoms with E-state index in [9.17, 15) is 13.6 Å². The lowest BCUT2D eigenvalue weighted by Crippen LogP contribution is -2.28. The fraction of sp³-hybridized carbons (Fsp3) is 0.304. The Bertz CT molecular complexity index is 1020. The van der Waals surface area contributed by atoms with E-state index in [4.69, 9.17) is 4.74 Å². The first-order chi connectivity index (χ1) is 14.7. The van der Waals surface area contributed by atoms with Gasteiger partial charge in [0.2, 0.25) is 5.91 Å². The van der Waals surface area contributed by atoms with Crippen LogP contribution in [-0.4, -0.2) is 33.4 Å². The minimum Gasteiger partial charge on any atom is -0.486 e. The number of hydrogen-bond donors (Lipinski definition) is 1. The maximum atomic E-state index is 12.9. The van der Waals surface area contributed by atoms with Gasteiger partial charge in [0.25, 0.3) is 5.92 Å². The summed E-state index contributed by atoms with van der Waals surface area (Å²) >= 11 is 0. The molecule has 0 aliphatic heterocycles. The molecule has 1 N–H and O–H groups in total. The van der Waals surface area contributed by atoms with Crippen molar-refractivity contribution in [2.75, 3.05) is 6.61 Å². The lowest BCUT2D eigenvalue weighted by Gasteiger charge is -2.15. The standard InChI is InChI=1S/C23H24F2N4O2/c1-15(20-9-8-19(13-28-20)31-14-23(3,24)25)29-21(30)12-17-4-6-18(7-5-17)22-16(2)26-10-11-27-22/h4-11,13,15H,12,14H2,1-3H3,(H,29,30)/t15-/m1/s1. The number of halogens is 2. The van der Waals surface area contributed by atoms with Crippen molar-refractivity contribution in [2.24, 2.45) is 0 Å². The topological polar surface area (TPSA) is 77.0 Å². The second-order valence-corrected chi connectivity index (χ2v) is 7.43. The van der Waals surface area contributed by atoms with Gasteiger partial charge in [0.1, 0.15) is 5.75 Å². The Morgan fingerprint density at radius 3 is 2.42 bits per heavy atom. The molecule has 0 aliphatic carbocycles. The number of amides is 1. The van der Waals surface area contributed by atoms with Crippen molar-refractivity contribution in [2.45, 2.75) is 39.2 Å². The molecule has 0 unspecified atom stereocenters. The summed E-state index contributed by atoms with van der Waals surface area (Å²) in [6, 6.07) is 10.5. The van der Waals surface area contributed by atoms with Crippen molar-refractivity contribution in [1.29, 1.82) is 0 Å². The number of benzene rings is 1. The van der Waals surface area contributed by atoms with E-state index in [1.807, 2.05) is 31.2 Å². The van der Waals surface area contributed by atoms with Crippen LogP contribution >= 0.6 is 0 Å². The summed E-state index contributed by atoms with van der Waals surface area (Å²) in [6.07, 6.45) is 4.89. The van der Waals surface area contributed by atoms with E-state index in [-0.39, 0.29) is 24.1 Å². The predicted molar refractivity (Wildman–Crippen MR) is 113 cm³/mol. The fourth-order valence-corrected chi connectivity index (χ4v) is 2.97. The number of ether oxygens (including phenoxy) is 1. The highest BCUT2D eigenvalue weighted by Gasteiger charge is 2.22. The zero-order valence-electron chi connectivity index (χ0n) is 17.6. The number of nitrogens with zero attached hydrogens (tertiary/aromatic N) is 3. The van der Waals surface area contributed by atoms with Crippen LogP contribution in [0.15, 0.2) is 55.0 Å². The summed E-state index contributed by atoms with van der Waals surface area (Å²) in [4.78, 5) is 25.2. The molecule has 0 aliphatic rings. The zero-order valence-corrected chi connectivity index (χ0v) is 17.6. The number of carbonyl (C=O) groups excluding carboxylic acids is 1. The summed E-state index contributed by atoms with van der Waals surface area (Å²) in [5, 5.41) is 2.89. The molecule has 6 nitrogen and oxygen atoms in total. The maximum absolute atomic E-state index is 12.9. The van der Waals surface area contributed by atoms with Crippen molar-refractivity contribution in [1.82, 2.24) is 20.3 Å². The van der Waals surface area contributed by atoms with Gasteiger partial charge in [-0.25, -0.2) is 8.78 Å². The molecule has 2 aromatic heterocycles. The molecule has 0 fully saturated rings. The van der Waals surface area contributed by atoms with Crippen LogP contribution in [0.2, 0.25) is 0 Å². The van der Waals surface area contributed by atoms with Crippen molar-refractivity contribution < 1.29 is 18.3 Å². The van der Waals surface area contributed by atoms with Crippen LogP contribution in [0, 0.1) is 6.92 Å². The predicted octanol–water partition coefficient (Wildman–Crippen LogP) is 4.30. The SMILES string of the molecule is Cc1nccnc1-c1ccc(CC(=O)N[C@H](C)c2ccc(OCC(C)(F)F)cn2)cc1. The quantitative estimate of drug-likeness (QED) is 0.581. The van der Waals surface area contributed by atoms with Crippen LogP contribution in [0.25, 0.3) is 11.3 Å². The molecule has 162 valence electrons. The Morgan fingerprint density at radius 1 is 1.10 bits per heavy atom. The number of carbonyl (C=O) groups is 1. The van der Waals surface area contributed by atoms with Crippen LogP contribution in [0.1, 0.15) is 36.8 Å². The summed E-state index contributed by atoms with van der Waals surface area (Å²) in [5.74, 6) is -2.81. The average molecular weight is 426 g/mol. The van der Waals surface area contributed by atoms with Crippen molar-refractivity contribution in [3.63, 3.8) is 0 Å². The van der Waals surface area contributed by atoms with Gasteiger partial charge in [0.15, 0.2) is 6.61 Å². The van der Waals surface area contributed by atoms with Gasteiger partial charge in [0.05, 0.1) is 35.7 Å². The van der Waals surface area contributed by atoms with Gasteiger partial charge in [-0.15, -0.1) is 0 Å². The lowest BCUT2D eigenvalue weighted by molar-refractivity contribution is -0.121. The number of aromatic nitrogens is 3. The van der Waals surface area contributed by atoms with Gasteiger partial charge in [-0.2, -0.15) is 0 Å². The number of aryl methyl sites for hydroxylation is 1. The number of nitrogens with one attached hydrogen (secondary N) is 1. The first-order valence-electron chi connectivity index (χ1n) is 9.84. The van der Waals surface area contributed by atoms with Crippen LogP contribution in [0.3, 0.4) is 0 Å². The molecule has 1 aromatic carbocycles. The molecular weight excluding hydrogens is 402 g/mol. The van der Waals surface area contributed by atoms with E-state index in [2.05, 4.69) is 20.3 Å². The van der Waals surface area contributed by atoms with Gasteiger partial charge in [-0.05, 0) is 31.5 Å². The molecule has 1 atom stereocenters. The minimum absolute atomic E-state index is 0.149.